The molecular formula is C29H28N4O3S. The van der Waals surface area contributed by atoms with Crippen molar-refractivity contribution in [2.24, 2.45) is 10.2 Å². The molecule has 188 valence electrons. The number of hydrogen-bond donors (Lipinski definition) is 0. The summed E-state index contributed by atoms with van der Waals surface area (Å²) in [7, 11) is 1.63. The minimum atomic E-state index is -0.973. The lowest BCUT2D eigenvalue weighted by Gasteiger charge is -2.43. The smallest absolute Gasteiger partial charge is 0.365 e. The van der Waals surface area contributed by atoms with Gasteiger partial charge >= 0.3 is 5.97 Å². The Morgan fingerprint density at radius 1 is 0.946 bits per heavy atom. The summed E-state index contributed by atoms with van der Waals surface area (Å²) in [5.41, 5.74) is 5.82. The highest BCUT2D eigenvalue weighted by atomic mass is 32.2. The number of para-hydroxylation sites is 1. The topological polar surface area (TPSA) is 66.7 Å². The van der Waals surface area contributed by atoms with Gasteiger partial charge in [-0.15, -0.1) is 0 Å². The summed E-state index contributed by atoms with van der Waals surface area (Å²) < 4.78 is 10.7. The number of hydrogen-bond acceptors (Lipinski definition) is 8. The highest BCUT2D eigenvalue weighted by Gasteiger charge is 2.52. The van der Waals surface area contributed by atoms with E-state index in [0.29, 0.717) is 0 Å². The average molecular weight is 513 g/mol. The lowest BCUT2D eigenvalue weighted by Crippen LogP contribution is -2.53. The maximum absolute atomic E-state index is 12.9. The first-order valence-corrected chi connectivity index (χ1v) is 12.9. The highest BCUT2D eigenvalue weighted by Crippen LogP contribution is 2.48. The van der Waals surface area contributed by atoms with Crippen molar-refractivity contribution in [2.45, 2.75) is 25.8 Å². The number of rotatable bonds is 6. The Hall–Kier alpha value is -4.04. The molecule has 0 saturated carbocycles. The number of ether oxygens (including phenoxy) is 2. The van der Waals surface area contributed by atoms with E-state index >= 15 is 0 Å². The zero-order valence-electron chi connectivity index (χ0n) is 21.2. The molecule has 3 aromatic carbocycles. The van der Waals surface area contributed by atoms with Crippen molar-refractivity contribution in [3.05, 3.63) is 102 Å². The molecule has 2 aliphatic rings. The van der Waals surface area contributed by atoms with Crippen LogP contribution in [-0.2, 0) is 9.53 Å². The van der Waals surface area contributed by atoms with Gasteiger partial charge in [0, 0.05) is 5.56 Å². The van der Waals surface area contributed by atoms with E-state index in [9.17, 15) is 4.79 Å². The number of aryl methyl sites for hydroxylation is 2. The fourth-order valence-electron chi connectivity index (χ4n) is 4.29. The first kappa shape index (κ1) is 24.6. The number of nitrogens with zero attached hydrogens (tertiary/aromatic N) is 4. The summed E-state index contributed by atoms with van der Waals surface area (Å²) in [5, 5.41) is 13.9. The second kappa shape index (κ2) is 10.1. The summed E-state index contributed by atoms with van der Waals surface area (Å²) in [6.07, 6.45) is 4.06. The van der Waals surface area contributed by atoms with Gasteiger partial charge in [-0.2, -0.15) is 10.2 Å². The molecule has 0 unspecified atom stereocenters. The first-order chi connectivity index (χ1) is 17.9. The number of esters is 1. The Morgan fingerprint density at radius 2 is 1.65 bits per heavy atom. The lowest BCUT2D eigenvalue weighted by atomic mass is 10.00. The molecule has 0 aliphatic carbocycles. The molecule has 1 spiro atoms. The van der Waals surface area contributed by atoms with E-state index in [0.717, 1.165) is 39.5 Å². The predicted octanol–water partition coefficient (Wildman–Crippen LogP) is 5.88. The molecule has 0 N–H and O–H groups in total. The molecule has 0 amide bonds. The van der Waals surface area contributed by atoms with Gasteiger partial charge in [0.05, 0.1) is 30.8 Å². The maximum atomic E-state index is 12.9. The Balaban J connectivity index is 1.67. The van der Waals surface area contributed by atoms with Crippen molar-refractivity contribution >= 4 is 39.9 Å². The van der Waals surface area contributed by atoms with Crippen LogP contribution in [0.2, 0.25) is 0 Å². The largest absolute Gasteiger partial charge is 0.497 e. The second-order valence-electron chi connectivity index (χ2n) is 8.68. The number of allylic oxidation sites excluding steroid dienone is 1. The summed E-state index contributed by atoms with van der Waals surface area (Å²) in [6, 6.07) is 23.8. The van der Waals surface area contributed by atoms with E-state index in [1.165, 1.54) is 11.8 Å². The molecule has 0 radical (unpaired) electrons. The molecule has 2 heterocycles. The van der Waals surface area contributed by atoms with Crippen LogP contribution in [0.5, 0.6) is 5.75 Å². The van der Waals surface area contributed by atoms with Gasteiger partial charge < -0.3 is 9.47 Å². The Labute approximate surface area is 221 Å². The summed E-state index contributed by atoms with van der Waals surface area (Å²) in [5.74, 6) is 0.266. The molecule has 7 nitrogen and oxygen atoms in total. The highest BCUT2D eigenvalue weighted by molar-refractivity contribution is 8.17. The molecule has 0 bridgehead atoms. The van der Waals surface area contributed by atoms with Crippen LogP contribution in [0.4, 0.5) is 11.4 Å². The third-order valence-corrected chi connectivity index (χ3v) is 7.37. The third-order valence-electron chi connectivity index (χ3n) is 6.15. The molecule has 0 aromatic heterocycles. The fraction of sp³-hybridized carbons (Fsp3) is 0.207. The number of thioether (sulfide) groups is 1. The Morgan fingerprint density at radius 3 is 2.35 bits per heavy atom. The maximum Gasteiger partial charge on any atom is 0.365 e. The van der Waals surface area contributed by atoms with Crippen LogP contribution in [0.1, 0.15) is 23.6 Å². The fourth-order valence-corrected chi connectivity index (χ4v) is 5.44. The number of anilines is 2. The van der Waals surface area contributed by atoms with Crippen molar-refractivity contribution in [1.29, 1.82) is 0 Å². The van der Waals surface area contributed by atoms with Gasteiger partial charge in [0.25, 0.3) is 0 Å². The average Bonchev–Trinajstić information content (AvgIpc) is 3.31. The van der Waals surface area contributed by atoms with Crippen molar-refractivity contribution in [3.8, 4) is 5.75 Å². The van der Waals surface area contributed by atoms with Crippen LogP contribution in [-0.4, -0.2) is 35.4 Å². The molecule has 8 heteroatoms. The Bertz CT molecular complexity index is 1400. The quantitative estimate of drug-likeness (QED) is 0.385. The van der Waals surface area contributed by atoms with Crippen LogP contribution in [0.3, 0.4) is 0 Å². The van der Waals surface area contributed by atoms with Crippen molar-refractivity contribution in [2.75, 3.05) is 23.7 Å². The van der Waals surface area contributed by atoms with Gasteiger partial charge in [-0.1, -0.05) is 35.9 Å². The van der Waals surface area contributed by atoms with Crippen molar-refractivity contribution in [1.82, 2.24) is 0 Å². The van der Waals surface area contributed by atoms with E-state index in [1.54, 1.807) is 14.0 Å². The zero-order valence-corrected chi connectivity index (χ0v) is 22.0. The predicted molar refractivity (Wildman–Crippen MR) is 150 cm³/mol. The number of carbonyl (C=O) groups is 1. The number of benzene rings is 3. The molecule has 1 atom stereocenters. The van der Waals surface area contributed by atoms with Crippen LogP contribution < -0.4 is 14.8 Å². The lowest BCUT2D eigenvalue weighted by molar-refractivity contribution is -0.134. The van der Waals surface area contributed by atoms with Gasteiger partial charge in [-0.05, 0) is 92.7 Å². The summed E-state index contributed by atoms with van der Waals surface area (Å²) in [4.78, 5) is 11.9. The third kappa shape index (κ3) is 4.60. The van der Waals surface area contributed by atoms with E-state index in [-0.39, 0.29) is 11.7 Å². The standard InChI is InChI=1S/C29H28N4O3S/c1-5-36-28(34)27-31-33(23-13-15-24(35-4)16-14-23)29(37-27)18-17-26(25-19-20(2)11-12-21(25)3)30-32(29)22-9-7-6-8-10-22/h6-19H,5H2,1-4H3/t29-/m0/s1. The first-order valence-electron chi connectivity index (χ1n) is 12.0. The molecule has 3 aromatic rings. The van der Waals surface area contributed by atoms with E-state index in [4.69, 9.17) is 19.7 Å². The zero-order chi connectivity index (χ0) is 26.0. The van der Waals surface area contributed by atoms with Gasteiger partial charge in [0.1, 0.15) is 5.75 Å². The van der Waals surface area contributed by atoms with Gasteiger partial charge in [-0.25, -0.2) is 14.8 Å². The van der Waals surface area contributed by atoms with Crippen LogP contribution in [0.25, 0.3) is 0 Å². The van der Waals surface area contributed by atoms with Gasteiger partial charge in [-0.3, -0.25) is 0 Å². The van der Waals surface area contributed by atoms with Crippen molar-refractivity contribution < 1.29 is 14.3 Å². The SMILES string of the molecule is CCOC(=O)C1=NN(c2ccc(OC)cc2)[C@@]2(C=CC(c3cc(C)ccc3C)=NN2c2ccccc2)S1. The monoisotopic (exact) mass is 512 g/mol. The molecule has 5 rings (SSSR count). The number of carbonyl (C=O) groups excluding carboxylic acids is 1. The molecule has 0 saturated heterocycles. The van der Waals surface area contributed by atoms with Crippen LogP contribution in [0, 0.1) is 13.8 Å². The summed E-state index contributed by atoms with van der Waals surface area (Å²) >= 11 is 1.30. The van der Waals surface area contributed by atoms with E-state index in [1.807, 2.05) is 70.7 Å². The van der Waals surface area contributed by atoms with E-state index in [2.05, 4.69) is 38.1 Å². The van der Waals surface area contributed by atoms with Gasteiger partial charge in [0.15, 0.2) is 0 Å². The molecule has 0 fully saturated rings. The van der Waals surface area contributed by atoms with Crippen LogP contribution >= 0.6 is 11.8 Å². The summed E-state index contributed by atoms with van der Waals surface area (Å²) in [6.45, 7) is 6.20. The second-order valence-corrected chi connectivity index (χ2v) is 9.87. The number of methoxy groups -OCH3 is 1. The normalized spacial score (nSPS) is 18.6. The van der Waals surface area contributed by atoms with Crippen LogP contribution in [0.15, 0.2) is 95.2 Å². The van der Waals surface area contributed by atoms with Crippen molar-refractivity contribution in [3.63, 3.8) is 0 Å². The van der Waals surface area contributed by atoms with E-state index < -0.39 is 11.0 Å². The minimum absolute atomic E-state index is 0.258. The Kier molecular flexibility index (Phi) is 6.76. The number of hydrazone groups is 2. The molecular weight excluding hydrogens is 484 g/mol. The molecule has 37 heavy (non-hydrogen) atoms. The minimum Gasteiger partial charge on any atom is -0.497 e. The van der Waals surface area contributed by atoms with Gasteiger partial charge in [0.2, 0.25) is 10.0 Å². The molecule has 2 aliphatic heterocycles.